The third kappa shape index (κ3) is 4.50. The Labute approximate surface area is 174 Å². The van der Waals surface area contributed by atoms with Crippen molar-refractivity contribution < 1.29 is 9.53 Å². The maximum atomic E-state index is 12.0. The normalized spacial score (nSPS) is 10.2. The summed E-state index contributed by atoms with van der Waals surface area (Å²) in [6, 6.07) is 18.7. The zero-order valence-electron chi connectivity index (χ0n) is 15.7. The third-order valence-electron chi connectivity index (χ3n) is 4.16. The van der Waals surface area contributed by atoms with Crippen LogP contribution in [-0.4, -0.2) is 27.5 Å². The minimum Gasteiger partial charge on any atom is -0.462 e. The number of hydrogen-bond acceptors (Lipinski definition) is 6. The smallest absolute Gasteiger partial charge is 0.338 e. The maximum Gasteiger partial charge on any atom is 0.338 e. The van der Waals surface area contributed by atoms with Gasteiger partial charge in [-0.2, -0.15) is 0 Å². The molecule has 0 atom stereocenters. The fourth-order valence-electron chi connectivity index (χ4n) is 2.87. The second kappa shape index (κ2) is 9.12. The van der Waals surface area contributed by atoms with Gasteiger partial charge >= 0.3 is 5.97 Å². The number of carbonyl (C=O) groups is 1. The van der Waals surface area contributed by atoms with E-state index in [0.29, 0.717) is 23.8 Å². The number of pyridine rings is 1. The standard InChI is InChI=1S/C22H18N4O2.ClH/c1-2-28-22(27)15-7-5-9-17(13-15)24-21-18-10-3-4-11-19(18)25-20(26-21)16-8-6-12-23-14-16;/h3-14H,2H2,1H3,(H,24,25,26);1H. The van der Waals surface area contributed by atoms with Crippen LogP contribution in [0.25, 0.3) is 22.3 Å². The van der Waals surface area contributed by atoms with E-state index in [-0.39, 0.29) is 18.4 Å². The summed E-state index contributed by atoms with van der Waals surface area (Å²) in [5.41, 5.74) is 2.88. The summed E-state index contributed by atoms with van der Waals surface area (Å²) in [6.45, 7) is 2.12. The van der Waals surface area contributed by atoms with E-state index in [4.69, 9.17) is 9.72 Å². The van der Waals surface area contributed by atoms with Crippen molar-refractivity contribution in [3.8, 4) is 11.4 Å². The monoisotopic (exact) mass is 406 g/mol. The molecular weight excluding hydrogens is 388 g/mol. The number of hydrogen-bond donors (Lipinski definition) is 1. The van der Waals surface area contributed by atoms with E-state index in [9.17, 15) is 4.79 Å². The van der Waals surface area contributed by atoms with Crippen molar-refractivity contribution in [3.63, 3.8) is 0 Å². The number of rotatable bonds is 5. The van der Waals surface area contributed by atoms with E-state index in [1.165, 1.54) is 0 Å². The van der Waals surface area contributed by atoms with Gasteiger partial charge in [0.1, 0.15) is 5.82 Å². The van der Waals surface area contributed by atoms with Gasteiger partial charge in [-0.3, -0.25) is 4.98 Å². The largest absolute Gasteiger partial charge is 0.462 e. The molecule has 0 amide bonds. The van der Waals surface area contributed by atoms with E-state index in [1.807, 2.05) is 42.5 Å². The van der Waals surface area contributed by atoms with Crippen LogP contribution in [0.3, 0.4) is 0 Å². The number of halogens is 1. The van der Waals surface area contributed by atoms with Crippen LogP contribution in [0.15, 0.2) is 73.1 Å². The minimum absolute atomic E-state index is 0. The zero-order valence-corrected chi connectivity index (χ0v) is 16.5. The summed E-state index contributed by atoms with van der Waals surface area (Å²) in [7, 11) is 0. The summed E-state index contributed by atoms with van der Waals surface area (Å²) in [5, 5.41) is 4.20. The van der Waals surface area contributed by atoms with E-state index >= 15 is 0 Å². The van der Waals surface area contributed by atoms with Crippen LogP contribution in [0, 0.1) is 0 Å². The molecule has 0 unspecified atom stereocenters. The topological polar surface area (TPSA) is 77.0 Å². The summed E-state index contributed by atoms with van der Waals surface area (Å²) < 4.78 is 5.08. The van der Waals surface area contributed by atoms with E-state index in [0.717, 1.165) is 22.2 Å². The fraction of sp³-hybridized carbons (Fsp3) is 0.0909. The first-order valence-corrected chi connectivity index (χ1v) is 8.96. The number of nitrogens with one attached hydrogen (secondary N) is 1. The van der Waals surface area contributed by atoms with Crippen molar-refractivity contribution in [1.82, 2.24) is 15.0 Å². The molecule has 146 valence electrons. The molecule has 0 radical (unpaired) electrons. The molecule has 0 saturated heterocycles. The number of para-hydroxylation sites is 1. The zero-order chi connectivity index (χ0) is 19.3. The predicted molar refractivity (Wildman–Crippen MR) is 116 cm³/mol. The Morgan fingerprint density at radius 2 is 1.90 bits per heavy atom. The molecule has 6 nitrogen and oxygen atoms in total. The van der Waals surface area contributed by atoms with Crippen LogP contribution < -0.4 is 5.32 Å². The Morgan fingerprint density at radius 1 is 1.03 bits per heavy atom. The third-order valence-corrected chi connectivity index (χ3v) is 4.16. The number of nitrogens with zero attached hydrogens (tertiary/aromatic N) is 3. The van der Waals surface area contributed by atoms with Gasteiger partial charge in [0.15, 0.2) is 5.82 Å². The van der Waals surface area contributed by atoms with Gasteiger partial charge in [0, 0.05) is 29.0 Å². The molecule has 29 heavy (non-hydrogen) atoms. The molecule has 4 aromatic rings. The van der Waals surface area contributed by atoms with E-state index in [2.05, 4.69) is 15.3 Å². The van der Waals surface area contributed by atoms with Crippen LogP contribution in [-0.2, 0) is 4.74 Å². The molecule has 7 heteroatoms. The lowest BCUT2D eigenvalue weighted by molar-refractivity contribution is 0.0526. The number of carbonyl (C=O) groups excluding carboxylic acids is 1. The van der Waals surface area contributed by atoms with Gasteiger partial charge in [0.25, 0.3) is 0 Å². The van der Waals surface area contributed by atoms with Gasteiger partial charge in [0.05, 0.1) is 17.7 Å². The van der Waals surface area contributed by atoms with Gasteiger partial charge in [-0.25, -0.2) is 14.8 Å². The van der Waals surface area contributed by atoms with Crippen molar-refractivity contribution in [2.45, 2.75) is 6.92 Å². The molecule has 2 aromatic carbocycles. The number of esters is 1. The van der Waals surface area contributed by atoms with Crippen molar-refractivity contribution >= 4 is 40.8 Å². The number of anilines is 2. The Morgan fingerprint density at radius 3 is 2.69 bits per heavy atom. The highest BCUT2D eigenvalue weighted by Gasteiger charge is 2.11. The molecule has 0 aliphatic carbocycles. The molecule has 4 rings (SSSR count). The van der Waals surface area contributed by atoms with Gasteiger partial charge in [0.2, 0.25) is 0 Å². The quantitative estimate of drug-likeness (QED) is 0.468. The van der Waals surface area contributed by atoms with Crippen molar-refractivity contribution in [1.29, 1.82) is 0 Å². The predicted octanol–water partition coefficient (Wildman–Crippen LogP) is 5.03. The highest BCUT2D eigenvalue weighted by Crippen LogP contribution is 2.27. The van der Waals surface area contributed by atoms with Crippen LogP contribution in [0.5, 0.6) is 0 Å². The van der Waals surface area contributed by atoms with Crippen LogP contribution in [0.2, 0.25) is 0 Å². The summed E-state index contributed by atoms with van der Waals surface area (Å²) in [6.07, 6.45) is 3.44. The van der Waals surface area contributed by atoms with E-state index in [1.54, 1.807) is 37.5 Å². The fourth-order valence-corrected chi connectivity index (χ4v) is 2.87. The molecular formula is C22H19ClN4O2. The van der Waals surface area contributed by atoms with Crippen LogP contribution in [0.1, 0.15) is 17.3 Å². The first-order chi connectivity index (χ1) is 13.7. The average molecular weight is 407 g/mol. The number of benzene rings is 2. The second-order valence-corrected chi connectivity index (χ2v) is 6.08. The molecule has 1 N–H and O–H groups in total. The Kier molecular flexibility index (Phi) is 6.36. The van der Waals surface area contributed by atoms with Crippen molar-refractivity contribution in [3.05, 3.63) is 78.6 Å². The summed E-state index contributed by atoms with van der Waals surface area (Å²) >= 11 is 0. The molecule has 0 fully saturated rings. The Bertz CT molecular complexity index is 1140. The highest BCUT2D eigenvalue weighted by atomic mass is 35.5. The van der Waals surface area contributed by atoms with Crippen molar-refractivity contribution in [2.75, 3.05) is 11.9 Å². The lowest BCUT2D eigenvalue weighted by Gasteiger charge is -2.12. The molecule has 0 bridgehead atoms. The van der Waals surface area contributed by atoms with Crippen molar-refractivity contribution in [2.24, 2.45) is 0 Å². The Balaban J connectivity index is 0.00000240. The lowest BCUT2D eigenvalue weighted by atomic mass is 10.2. The van der Waals surface area contributed by atoms with Gasteiger partial charge in [-0.15, -0.1) is 12.4 Å². The number of ether oxygens (including phenoxy) is 1. The Hall–Kier alpha value is -3.51. The van der Waals surface area contributed by atoms with Crippen LogP contribution in [0.4, 0.5) is 11.5 Å². The summed E-state index contributed by atoms with van der Waals surface area (Å²) in [4.78, 5) is 25.5. The van der Waals surface area contributed by atoms with E-state index < -0.39 is 0 Å². The molecule has 0 aliphatic rings. The molecule has 0 spiro atoms. The first kappa shape index (κ1) is 20.2. The minimum atomic E-state index is -0.352. The van der Waals surface area contributed by atoms with Gasteiger partial charge in [-0.1, -0.05) is 18.2 Å². The molecule has 2 aromatic heterocycles. The molecule has 2 heterocycles. The SMILES string of the molecule is CCOC(=O)c1cccc(Nc2nc(-c3cccnc3)nc3ccccc23)c1.Cl. The number of aromatic nitrogens is 3. The summed E-state index contributed by atoms with van der Waals surface area (Å²) in [5.74, 6) is 0.885. The molecule has 0 saturated carbocycles. The lowest BCUT2D eigenvalue weighted by Crippen LogP contribution is -2.05. The first-order valence-electron chi connectivity index (χ1n) is 8.96. The van der Waals surface area contributed by atoms with Gasteiger partial charge < -0.3 is 10.1 Å². The molecule has 0 aliphatic heterocycles. The maximum absolute atomic E-state index is 12.0. The highest BCUT2D eigenvalue weighted by molar-refractivity contribution is 5.94. The number of fused-ring (bicyclic) bond motifs is 1. The van der Waals surface area contributed by atoms with Gasteiger partial charge in [-0.05, 0) is 49.4 Å². The van der Waals surface area contributed by atoms with Crippen LogP contribution >= 0.6 is 12.4 Å². The average Bonchev–Trinajstić information content (AvgIpc) is 2.75. The second-order valence-electron chi connectivity index (χ2n) is 6.08.